The third kappa shape index (κ3) is 4.51. The average molecular weight is 312 g/mol. The molecule has 0 spiro atoms. The largest absolute Gasteiger partial charge is 0.392 e. The summed E-state index contributed by atoms with van der Waals surface area (Å²) in [5, 5.41) is 8.70. The number of sulfonamides is 1. The molecule has 5 nitrogen and oxygen atoms in total. The van der Waals surface area contributed by atoms with E-state index >= 15 is 0 Å². The molecule has 2 N–H and O–H groups in total. The molecular weight excluding hydrogens is 288 g/mol. The van der Waals surface area contributed by atoms with Gasteiger partial charge in [0.25, 0.3) is 0 Å². The molecular formula is C15H24N2O3S. The Morgan fingerprint density at radius 1 is 1.29 bits per heavy atom. The highest BCUT2D eigenvalue weighted by Crippen LogP contribution is 2.19. The van der Waals surface area contributed by atoms with Gasteiger partial charge in [-0.2, -0.15) is 0 Å². The summed E-state index contributed by atoms with van der Waals surface area (Å²) < 4.78 is 27.0. The van der Waals surface area contributed by atoms with E-state index in [1.807, 2.05) is 38.1 Å². The van der Waals surface area contributed by atoms with Crippen LogP contribution in [0.2, 0.25) is 0 Å². The monoisotopic (exact) mass is 312 g/mol. The van der Waals surface area contributed by atoms with Crippen molar-refractivity contribution in [3.63, 3.8) is 0 Å². The number of benzene rings is 1. The van der Waals surface area contributed by atoms with Gasteiger partial charge in [0, 0.05) is 19.1 Å². The fourth-order valence-electron chi connectivity index (χ4n) is 2.63. The molecule has 118 valence electrons. The van der Waals surface area contributed by atoms with Gasteiger partial charge in [-0.1, -0.05) is 24.3 Å². The van der Waals surface area contributed by atoms with Crippen LogP contribution in [0.25, 0.3) is 0 Å². The second-order valence-corrected chi connectivity index (χ2v) is 7.93. The van der Waals surface area contributed by atoms with E-state index in [2.05, 4.69) is 9.62 Å². The van der Waals surface area contributed by atoms with Crippen LogP contribution >= 0.6 is 0 Å². The molecule has 1 aromatic carbocycles. The van der Waals surface area contributed by atoms with Crippen molar-refractivity contribution < 1.29 is 13.5 Å². The van der Waals surface area contributed by atoms with Crippen molar-refractivity contribution in [2.45, 2.75) is 44.7 Å². The van der Waals surface area contributed by atoms with Crippen molar-refractivity contribution in [2.75, 3.05) is 13.1 Å². The summed E-state index contributed by atoms with van der Waals surface area (Å²) in [6, 6.07) is 7.72. The first-order chi connectivity index (χ1) is 9.90. The van der Waals surface area contributed by atoms with Gasteiger partial charge in [0.05, 0.1) is 11.9 Å². The average Bonchev–Trinajstić information content (AvgIpc) is 2.87. The highest BCUT2D eigenvalue weighted by Gasteiger charge is 2.33. The Hall–Kier alpha value is -0.950. The predicted octanol–water partition coefficient (Wildman–Crippen LogP) is 1.08. The van der Waals surface area contributed by atoms with Crippen molar-refractivity contribution in [3.05, 3.63) is 35.4 Å². The van der Waals surface area contributed by atoms with Crippen LogP contribution in [-0.2, 0) is 23.2 Å². The predicted molar refractivity (Wildman–Crippen MR) is 83.2 cm³/mol. The molecule has 1 aliphatic heterocycles. The molecule has 21 heavy (non-hydrogen) atoms. The van der Waals surface area contributed by atoms with Gasteiger partial charge in [0.1, 0.15) is 0 Å². The molecule has 1 aromatic rings. The van der Waals surface area contributed by atoms with Gasteiger partial charge in [-0.05, 0) is 37.9 Å². The first-order valence-corrected chi connectivity index (χ1v) is 8.87. The Labute approximate surface area is 127 Å². The number of likely N-dealkylation sites (tertiary alicyclic amines) is 1. The van der Waals surface area contributed by atoms with E-state index < -0.39 is 10.0 Å². The molecule has 2 rings (SSSR count). The molecule has 0 saturated carbocycles. The molecule has 0 amide bonds. The summed E-state index contributed by atoms with van der Waals surface area (Å²) in [7, 11) is -3.22. The number of aliphatic hydroxyl groups is 1. The highest BCUT2D eigenvalue weighted by atomic mass is 32.2. The van der Waals surface area contributed by atoms with Crippen LogP contribution in [0.4, 0.5) is 0 Å². The molecule has 0 aliphatic carbocycles. The van der Waals surface area contributed by atoms with Crippen LogP contribution in [0, 0.1) is 0 Å². The molecule has 6 heteroatoms. The Kier molecular flexibility index (Phi) is 5.37. The summed E-state index contributed by atoms with van der Waals surface area (Å²) in [4.78, 5) is 2.16. The molecule has 1 atom stereocenters. The minimum absolute atomic E-state index is 0.0468. The van der Waals surface area contributed by atoms with Crippen LogP contribution in [-0.4, -0.2) is 42.8 Å². The van der Waals surface area contributed by atoms with Gasteiger partial charge in [-0.25, -0.2) is 13.1 Å². The van der Waals surface area contributed by atoms with E-state index in [1.54, 1.807) is 0 Å². The van der Waals surface area contributed by atoms with E-state index in [1.165, 1.54) is 0 Å². The maximum absolute atomic E-state index is 12.2. The SMILES string of the molecule is CC(C)NS(=O)(=O)C1CCN(Cc2ccc(CO)cc2)C1. The third-order valence-corrected chi connectivity index (χ3v) is 5.74. The normalized spacial score (nSPS) is 20.3. The minimum Gasteiger partial charge on any atom is -0.392 e. The molecule has 1 saturated heterocycles. The van der Waals surface area contributed by atoms with Crippen LogP contribution in [0.1, 0.15) is 31.4 Å². The molecule has 1 heterocycles. The Balaban J connectivity index is 1.93. The lowest BCUT2D eigenvalue weighted by molar-refractivity contribution is 0.281. The van der Waals surface area contributed by atoms with Gasteiger partial charge in [-0.15, -0.1) is 0 Å². The first kappa shape index (κ1) is 16.4. The Morgan fingerprint density at radius 3 is 2.48 bits per heavy atom. The summed E-state index contributed by atoms with van der Waals surface area (Å²) in [6.07, 6.45) is 0.677. The number of hydrogen-bond acceptors (Lipinski definition) is 4. The van der Waals surface area contributed by atoms with Crippen LogP contribution in [0.15, 0.2) is 24.3 Å². The van der Waals surface area contributed by atoms with Crippen molar-refractivity contribution in [1.29, 1.82) is 0 Å². The lowest BCUT2D eigenvalue weighted by Crippen LogP contribution is -2.39. The number of nitrogens with one attached hydrogen (secondary N) is 1. The molecule has 1 unspecified atom stereocenters. The van der Waals surface area contributed by atoms with Crippen molar-refractivity contribution in [1.82, 2.24) is 9.62 Å². The fraction of sp³-hybridized carbons (Fsp3) is 0.600. The maximum atomic E-state index is 12.2. The van der Waals surface area contributed by atoms with Gasteiger partial charge in [0.2, 0.25) is 10.0 Å². The second-order valence-electron chi connectivity index (χ2n) is 5.94. The van der Waals surface area contributed by atoms with Gasteiger partial charge >= 0.3 is 0 Å². The van der Waals surface area contributed by atoms with E-state index in [4.69, 9.17) is 5.11 Å². The quantitative estimate of drug-likeness (QED) is 0.825. The number of aliphatic hydroxyl groups excluding tert-OH is 1. The van der Waals surface area contributed by atoms with Crippen molar-refractivity contribution in [3.8, 4) is 0 Å². The molecule has 1 fully saturated rings. The Morgan fingerprint density at radius 2 is 1.90 bits per heavy atom. The van der Waals surface area contributed by atoms with Crippen molar-refractivity contribution in [2.24, 2.45) is 0 Å². The zero-order valence-electron chi connectivity index (χ0n) is 12.6. The maximum Gasteiger partial charge on any atom is 0.216 e. The smallest absolute Gasteiger partial charge is 0.216 e. The summed E-state index contributed by atoms with van der Waals surface area (Å²) in [5.41, 5.74) is 2.03. The number of rotatable bonds is 6. The molecule has 1 aliphatic rings. The molecule has 0 bridgehead atoms. The number of hydrogen-bond donors (Lipinski definition) is 2. The van der Waals surface area contributed by atoms with Crippen LogP contribution < -0.4 is 4.72 Å². The van der Waals surface area contributed by atoms with Crippen molar-refractivity contribution >= 4 is 10.0 Å². The van der Waals surface area contributed by atoms with Gasteiger partial charge in [0.15, 0.2) is 0 Å². The number of nitrogens with zero attached hydrogens (tertiary/aromatic N) is 1. The van der Waals surface area contributed by atoms with Gasteiger partial charge < -0.3 is 5.11 Å². The van der Waals surface area contributed by atoms with E-state index in [0.717, 1.165) is 24.2 Å². The standard InChI is InChI=1S/C15H24N2O3S/c1-12(2)16-21(19,20)15-7-8-17(10-15)9-13-3-5-14(11-18)6-4-13/h3-6,12,15-16,18H,7-11H2,1-2H3. The van der Waals surface area contributed by atoms with Crippen LogP contribution in [0.3, 0.4) is 0 Å². The summed E-state index contributed by atoms with van der Waals surface area (Å²) >= 11 is 0. The lowest BCUT2D eigenvalue weighted by Gasteiger charge is -2.17. The minimum atomic E-state index is -3.22. The zero-order chi connectivity index (χ0) is 15.5. The third-order valence-electron chi connectivity index (χ3n) is 3.68. The molecule has 0 aromatic heterocycles. The van der Waals surface area contributed by atoms with E-state index in [0.29, 0.717) is 13.0 Å². The lowest BCUT2D eigenvalue weighted by atomic mass is 10.1. The topological polar surface area (TPSA) is 69.6 Å². The van der Waals surface area contributed by atoms with E-state index in [-0.39, 0.29) is 17.9 Å². The van der Waals surface area contributed by atoms with Gasteiger partial charge in [-0.3, -0.25) is 4.90 Å². The zero-order valence-corrected chi connectivity index (χ0v) is 13.4. The van der Waals surface area contributed by atoms with Crippen LogP contribution in [0.5, 0.6) is 0 Å². The highest BCUT2D eigenvalue weighted by molar-refractivity contribution is 7.90. The molecule has 0 radical (unpaired) electrons. The summed E-state index contributed by atoms with van der Waals surface area (Å²) in [6.45, 7) is 5.85. The summed E-state index contributed by atoms with van der Waals surface area (Å²) in [5.74, 6) is 0. The fourth-order valence-corrected chi connectivity index (χ4v) is 4.30. The second kappa shape index (κ2) is 6.87. The Bertz CT molecular complexity index is 555. The first-order valence-electron chi connectivity index (χ1n) is 7.33. The van der Waals surface area contributed by atoms with E-state index in [9.17, 15) is 8.42 Å².